The lowest BCUT2D eigenvalue weighted by atomic mass is 10.2. The second-order valence-corrected chi connectivity index (χ2v) is 9.15. The number of unbranched alkanes of at least 4 members (excludes halogenated alkanes) is 1. The Hall–Kier alpha value is -1.99. The molecule has 1 aromatic rings. The fraction of sp³-hybridized carbons (Fsp3) is 0.720. The van der Waals surface area contributed by atoms with Crippen molar-refractivity contribution in [2.75, 3.05) is 58.4 Å². The number of benzene rings is 1. The Bertz CT molecular complexity index is 706. The van der Waals surface area contributed by atoms with Crippen molar-refractivity contribution in [2.45, 2.75) is 58.4 Å². The summed E-state index contributed by atoms with van der Waals surface area (Å²) < 4.78 is 17.3. The predicted octanol–water partition coefficient (Wildman–Crippen LogP) is 4.14. The zero-order chi connectivity index (χ0) is 22.6. The van der Waals surface area contributed by atoms with Gasteiger partial charge in [0.05, 0.1) is 13.2 Å². The number of hydrogen-bond acceptors (Lipinski definition) is 5. The van der Waals surface area contributed by atoms with Crippen molar-refractivity contribution in [3.63, 3.8) is 0 Å². The second kappa shape index (κ2) is 13.5. The van der Waals surface area contributed by atoms with Crippen molar-refractivity contribution in [1.82, 2.24) is 10.2 Å². The van der Waals surface area contributed by atoms with E-state index in [1.165, 1.54) is 12.8 Å². The van der Waals surface area contributed by atoms with Crippen LogP contribution in [0.1, 0.15) is 52.4 Å². The van der Waals surface area contributed by atoms with E-state index >= 15 is 0 Å². The zero-order valence-electron chi connectivity index (χ0n) is 20.2. The van der Waals surface area contributed by atoms with E-state index in [1.807, 2.05) is 18.2 Å². The van der Waals surface area contributed by atoms with Crippen LogP contribution in [-0.4, -0.2) is 70.0 Å². The summed E-state index contributed by atoms with van der Waals surface area (Å²) in [6, 6.07) is 6.56. The van der Waals surface area contributed by atoms with E-state index in [0.29, 0.717) is 19.3 Å². The van der Waals surface area contributed by atoms with Gasteiger partial charge in [0.15, 0.2) is 17.5 Å². The lowest BCUT2D eigenvalue weighted by Gasteiger charge is -2.20. The third-order valence-electron chi connectivity index (χ3n) is 5.89. The van der Waals surface area contributed by atoms with E-state index in [1.54, 1.807) is 0 Å². The highest BCUT2D eigenvalue weighted by atomic mass is 16.5. The molecule has 180 valence electrons. The molecule has 0 amide bonds. The topological polar surface area (TPSA) is 67.4 Å². The van der Waals surface area contributed by atoms with E-state index in [-0.39, 0.29) is 0 Å². The van der Waals surface area contributed by atoms with Crippen molar-refractivity contribution in [1.29, 1.82) is 0 Å². The fourth-order valence-electron chi connectivity index (χ4n) is 3.36. The van der Waals surface area contributed by atoms with Gasteiger partial charge in [0.25, 0.3) is 0 Å². The fourth-order valence-corrected chi connectivity index (χ4v) is 3.36. The van der Waals surface area contributed by atoms with E-state index in [0.717, 1.165) is 87.6 Å². The van der Waals surface area contributed by atoms with Crippen LogP contribution in [0, 0.1) is 5.92 Å². The van der Waals surface area contributed by atoms with Gasteiger partial charge in [0.2, 0.25) is 0 Å². The molecule has 0 radical (unpaired) electrons. The van der Waals surface area contributed by atoms with Crippen LogP contribution >= 0.6 is 0 Å². The number of nitrogens with zero attached hydrogens (tertiary/aromatic N) is 2. The molecule has 0 aromatic heterocycles. The van der Waals surface area contributed by atoms with Crippen LogP contribution < -0.4 is 20.1 Å². The molecule has 1 aliphatic heterocycles. The van der Waals surface area contributed by atoms with Crippen LogP contribution in [0.4, 0.5) is 5.69 Å². The largest absolute Gasteiger partial charge is 0.490 e. The Kier molecular flexibility index (Phi) is 10.4. The number of guanidine groups is 1. The normalized spacial score (nSPS) is 16.3. The first-order valence-corrected chi connectivity index (χ1v) is 12.3. The molecule has 1 fully saturated rings. The first-order chi connectivity index (χ1) is 15.6. The first kappa shape index (κ1) is 24.6. The highest BCUT2D eigenvalue weighted by Gasteiger charge is 2.20. The Morgan fingerprint density at radius 2 is 1.97 bits per heavy atom. The molecule has 0 saturated heterocycles. The maximum Gasteiger partial charge on any atom is 0.195 e. The van der Waals surface area contributed by atoms with Gasteiger partial charge in [-0.3, -0.25) is 4.99 Å². The second-order valence-electron chi connectivity index (χ2n) is 9.15. The van der Waals surface area contributed by atoms with Crippen molar-refractivity contribution in [2.24, 2.45) is 10.9 Å². The van der Waals surface area contributed by atoms with E-state index in [4.69, 9.17) is 19.2 Å². The predicted molar refractivity (Wildman–Crippen MR) is 131 cm³/mol. The molecule has 1 saturated carbocycles. The van der Waals surface area contributed by atoms with Crippen molar-refractivity contribution in [3.8, 4) is 11.5 Å². The van der Waals surface area contributed by atoms with Crippen LogP contribution in [0.5, 0.6) is 11.5 Å². The molecular weight excluding hydrogens is 404 g/mol. The third kappa shape index (κ3) is 9.25. The zero-order valence-corrected chi connectivity index (χ0v) is 20.2. The average molecular weight is 447 g/mol. The highest BCUT2D eigenvalue weighted by molar-refractivity contribution is 5.93. The van der Waals surface area contributed by atoms with Gasteiger partial charge in [-0.25, -0.2) is 0 Å². The quantitative estimate of drug-likeness (QED) is 0.270. The number of hydrogen-bond donors (Lipinski definition) is 2. The van der Waals surface area contributed by atoms with Crippen molar-refractivity contribution < 1.29 is 14.2 Å². The number of ether oxygens (including phenoxy) is 3. The third-order valence-corrected chi connectivity index (χ3v) is 5.89. The molecule has 0 atom stereocenters. The molecule has 0 unspecified atom stereocenters. The Morgan fingerprint density at radius 3 is 2.75 bits per heavy atom. The van der Waals surface area contributed by atoms with Crippen molar-refractivity contribution >= 4 is 11.6 Å². The Balaban J connectivity index is 1.48. The molecule has 2 aliphatic rings. The highest BCUT2D eigenvalue weighted by Crippen LogP contribution is 2.32. The summed E-state index contributed by atoms with van der Waals surface area (Å²) in [5.74, 6) is 3.21. The summed E-state index contributed by atoms with van der Waals surface area (Å²) in [7, 11) is 2.18. The molecule has 1 aliphatic carbocycles. The van der Waals surface area contributed by atoms with Crippen LogP contribution in [0.15, 0.2) is 23.2 Å². The molecule has 7 heteroatoms. The number of nitrogens with one attached hydrogen (secondary N) is 2. The molecular formula is C25H42N4O3. The SMILES string of the molecule is CC(C)N(C)CCCCNC(=NCCCOCC1CC1)Nc1ccc2c(c1)OCCCO2. The number of rotatable bonds is 13. The molecule has 0 spiro atoms. The van der Waals surface area contributed by atoms with Gasteiger partial charge in [-0.1, -0.05) is 0 Å². The van der Waals surface area contributed by atoms with Gasteiger partial charge >= 0.3 is 0 Å². The van der Waals surface area contributed by atoms with Gasteiger partial charge < -0.3 is 29.7 Å². The van der Waals surface area contributed by atoms with Crippen molar-refractivity contribution in [3.05, 3.63) is 18.2 Å². The maximum absolute atomic E-state index is 5.83. The minimum atomic E-state index is 0.586. The lowest BCUT2D eigenvalue weighted by Crippen LogP contribution is -2.33. The van der Waals surface area contributed by atoms with Crippen LogP contribution in [0.2, 0.25) is 0 Å². The summed E-state index contributed by atoms with van der Waals surface area (Å²) in [5, 5.41) is 6.93. The minimum Gasteiger partial charge on any atom is -0.490 e. The Morgan fingerprint density at radius 1 is 1.16 bits per heavy atom. The summed E-state index contributed by atoms with van der Waals surface area (Å²) in [6.45, 7) is 10.3. The standard InChI is InChI=1S/C25H42N4O3/c1-20(2)29(3)14-5-4-12-26-25(27-13-6-15-30-19-21-8-9-21)28-22-10-11-23-24(18-22)32-17-7-16-31-23/h10-11,18,20-21H,4-9,12-17,19H2,1-3H3,(H2,26,27,28). The average Bonchev–Trinajstić information content (AvgIpc) is 3.62. The summed E-state index contributed by atoms with van der Waals surface area (Å²) in [6.07, 6.45) is 6.76. The summed E-state index contributed by atoms with van der Waals surface area (Å²) >= 11 is 0. The number of anilines is 1. The molecule has 32 heavy (non-hydrogen) atoms. The van der Waals surface area contributed by atoms with Gasteiger partial charge in [-0.15, -0.1) is 0 Å². The lowest BCUT2D eigenvalue weighted by molar-refractivity contribution is 0.123. The van der Waals surface area contributed by atoms with E-state index < -0.39 is 0 Å². The van der Waals surface area contributed by atoms with E-state index in [2.05, 4.69) is 36.4 Å². The first-order valence-electron chi connectivity index (χ1n) is 12.3. The summed E-state index contributed by atoms with van der Waals surface area (Å²) in [4.78, 5) is 7.16. The van der Waals surface area contributed by atoms with Gasteiger partial charge in [-0.05, 0) is 77.6 Å². The van der Waals surface area contributed by atoms with Gasteiger partial charge in [0, 0.05) is 50.5 Å². The van der Waals surface area contributed by atoms with Crippen LogP contribution in [-0.2, 0) is 4.74 Å². The van der Waals surface area contributed by atoms with Gasteiger partial charge in [-0.2, -0.15) is 0 Å². The molecule has 2 N–H and O–H groups in total. The van der Waals surface area contributed by atoms with Crippen LogP contribution in [0.25, 0.3) is 0 Å². The molecule has 0 bridgehead atoms. The summed E-state index contributed by atoms with van der Waals surface area (Å²) in [5.41, 5.74) is 0.949. The molecule has 1 heterocycles. The Labute approximate surface area is 193 Å². The van der Waals surface area contributed by atoms with E-state index in [9.17, 15) is 0 Å². The molecule has 3 rings (SSSR count). The number of aliphatic imine (C=N–C) groups is 1. The number of fused-ring (bicyclic) bond motifs is 1. The molecule has 1 aromatic carbocycles. The van der Waals surface area contributed by atoms with Gasteiger partial charge in [0.1, 0.15) is 0 Å². The maximum atomic E-state index is 5.83. The van der Waals surface area contributed by atoms with Crippen LogP contribution in [0.3, 0.4) is 0 Å². The molecule has 7 nitrogen and oxygen atoms in total. The monoisotopic (exact) mass is 446 g/mol. The smallest absolute Gasteiger partial charge is 0.195 e. The minimum absolute atomic E-state index is 0.586.